The van der Waals surface area contributed by atoms with Gasteiger partial charge in [0.25, 0.3) is 0 Å². The summed E-state index contributed by atoms with van der Waals surface area (Å²) in [6.07, 6.45) is 0.145. The Kier molecular flexibility index (Phi) is 6.89. The summed E-state index contributed by atoms with van der Waals surface area (Å²) in [7, 11) is 0. The smallest absolute Gasteiger partial charge is 0.232 e. The third-order valence-corrected chi connectivity index (χ3v) is 5.55. The number of morpholine rings is 1. The Bertz CT molecular complexity index is 783. The lowest BCUT2D eigenvalue weighted by molar-refractivity contribution is -0.119. The van der Waals surface area contributed by atoms with Gasteiger partial charge in [-0.25, -0.2) is 9.97 Å². The highest BCUT2D eigenvalue weighted by atomic mass is 32.1. The molecule has 3 rings (SSSR count). The van der Waals surface area contributed by atoms with Crippen LogP contribution in [-0.2, 0) is 27.3 Å². The third kappa shape index (κ3) is 6.06. The summed E-state index contributed by atoms with van der Waals surface area (Å²) < 4.78 is 5.34. The molecule has 2 aromatic heterocycles. The van der Waals surface area contributed by atoms with Gasteiger partial charge >= 0.3 is 0 Å². The van der Waals surface area contributed by atoms with E-state index in [2.05, 4.69) is 25.5 Å². The van der Waals surface area contributed by atoms with E-state index in [4.69, 9.17) is 4.74 Å². The van der Waals surface area contributed by atoms with Crippen molar-refractivity contribution in [3.8, 4) is 0 Å². The molecule has 0 bridgehead atoms. The van der Waals surface area contributed by atoms with Crippen molar-refractivity contribution < 1.29 is 14.3 Å². The van der Waals surface area contributed by atoms with Gasteiger partial charge in [0.15, 0.2) is 10.3 Å². The highest BCUT2D eigenvalue weighted by Gasteiger charge is 2.15. The van der Waals surface area contributed by atoms with Crippen LogP contribution in [0.1, 0.15) is 25.2 Å². The zero-order valence-corrected chi connectivity index (χ0v) is 17.0. The van der Waals surface area contributed by atoms with Crippen molar-refractivity contribution in [1.82, 2.24) is 14.9 Å². The second-order valence-electron chi connectivity index (χ2n) is 6.55. The summed E-state index contributed by atoms with van der Waals surface area (Å²) in [4.78, 5) is 35.0. The normalized spacial score (nSPS) is 15.1. The highest BCUT2D eigenvalue weighted by Crippen LogP contribution is 2.19. The lowest BCUT2D eigenvalue weighted by Gasteiger charge is -2.25. The van der Waals surface area contributed by atoms with Crippen LogP contribution < -0.4 is 10.6 Å². The van der Waals surface area contributed by atoms with Crippen molar-refractivity contribution in [2.45, 2.75) is 26.8 Å². The number of carbonyl (C=O) groups excluding carboxylic acids is 2. The minimum absolute atomic E-state index is 0.0871. The first kappa shape index (κ1) is 19.9. The Balaban J connectivity index is 1.48. The fourth-order valence-corrected chi connectivity index (χ4v) is 3.88. The molecule has 1 aliphatic rings. The maximum absolute atomic E-state index is 12.2. The van der Waals surface area contributed by atoms with Crippen LogP contribution in [0.2, 0.25) is 0 Å². The molecule has 27 heavy (non-hydrogen) atoms. The maximum Gasteiger partial charge on any atom is 0.232 e. The number of hydrogen-bond donors (Lipinski definition) is 2. The van der Waals surface area contributed by atoms with E-state index in [1.165, 1.54) is 22.7 Å². The van der Waals surface area contributed by atoms with E-state index in [0.717, 1.165) is 38.5 Å². The molecule has 0 aromatic carbocycles. The molecule has 10 heteroatoms. The van der Waals surface area contributed by atoms with E-state index in [1.54, 1.807) is 5.38 Å². The second kappa shape index (κ2) is 9.36. The lowest BCUT2D eigenvalue weighted by atomic mass is 10.2. The molecule has 0 atom stereocenters. The molecular weight excluding hydrogens is 386 g/mol. The molecule has 3 heterocycles. The summed E-state index contributed by atoms with van der Waals surface area (Å²) >= 11 is 2.73. The molecule has 1 saturated heterocycles. The van der Waals surface area contributed by atoms with Crippen molar-refractivity contribution in [2.75, 3.05) is 36.9 Å². The van der Waals surface area contributed by atoms with Crippen LogP contribution in [0.25, 0.3) is 0 Å². The first-order valence-corrected chi connectivity index (χ1v) is 10.5. The number of ether oxygens (including phenoxy) is 1. The number of rotatable bonds is 7. The predicted molar refractivity (Wildman–Crippen MR) is 106 cm³/mol. The SMILES string of the molecule is CC(C)C(=O)Nc1nc(CC(=O)Nc2nc(CN3CCOCC3)cs2)cs1. The fraction of sp³-hybridized carbons (Fsp3) is 0.529. The van der Waals surface area contributed by atoms with Gasteiger partial charge in [-0.1, -0.05) is 13.8 Å². The molecular formula is C17H23N5O3S2. The van der Waals surface area contributed by atoms with Gasteiger partial charge in [0, 0.05) is 36.3 Å². The summed E-state index contributed by atoms with van der Waals surface area (Å²) in [6, 6.07) is 0. The molecule has 2 aromatic rings. The molecule has 2 amide bonds. The molecule has 0 unspecified atom stereocenters. The summed E-state index contributed by atoms with van der Waals surface area (Å²) in [5.41, 5.74) is 1.58. The first-order chi connectivity index (χ1) is 13.0. The maximum atomic E-state index is 12.2. The van der Waals surface area contributed by atoms with Gasteiger partial charge in [0.05, 0.1) is 31.0 Å². The zero-order chi connectivity index (χ0) is 19.2. The Morgan fingerprint density at radius 2 is 1.74 bits per heavy atom. The van der Waals surface area contributed by atoms with Crippen LogP contribution >= 0.6 is 22.7 Å². The van der Waals surface area contributed by atoms with Crippen LogP contribution in [0.4, 0.5) is 10.3 Å². The number of thiazole rings is 2. The van der Waals surface area contributed by atoms with Gasteiger partial charge in [-0.05, 0) is 0 Å². The Hall–Kier alpha value is -1.88. The summed E-state index contributed by atoms with van der Waals surface area (Å²) in [6.45, 7) is 7.71. The van der Waals surface area contributed by atoms with E-state index in [-0.39, 0.29) is 24.2 Å². The quantitative estimate of drug-likeness (QED) is 0.728. The molecule has 8 nitrogen and oxygen atoms in total. The van der Waals surface area contributed by atoms with Crippen molar-refractivity contribution in [3.05, 3.63) is 22.1 Å². The minimum Gasteiger partial charge on any atom is -0.379 e. The van der Waals surface area contributed by atoms with Crippen molar-refractivity contribution in [1.29, 1.82) is 0 Å². The Morgan fingerprint density at radius 1 is 1.11 bits per heavy atom. The lowest BCUT2D eigenvalue weighted by Crippen LogP contribution is -2.35. The number of hydrogen-bond acceptors (Lipinski definition) is 8. The Morgan fingerprint density at radius 3 is 2.44 bits per heavy atom. The van der Waals surface area contributed by atoms with Gasteiger partial charge in [-0.3, -0.25) is 14.5 Å². The monoisotopic (exact) mass is 409 g/mol. The minimum atomic E-state index is -0.172. The number of anilines is 2. The van der Waals surface area contributed by atoms with E-state index in [0.29, 0.717) is 16.0 Å². The number of aromatic nitrogens is 2. The topological polar surface area (TPSA) is 96.5 Å². The van der Waals surface area contributed by atoms with Gasteiger partial charge in [0.2, 0.25) is 11.8 Å². The number of carbonyl (C=O) groups is 2. The van der Waals surface area contributed by atoms with E-state index in [9.17, 15) is 9.59 Å². The predicted octanol–water partition coefficient (Wildman–Crippen LogP) is 2.21. The molecule has 0 spiro atoms. The van der Waals surface area contributed by atoms with Crippen LogP contribution in [0.5, 0.6) is 0 Å². The number of nitrogens with zero attached hydrogens (tertiary/aromatic N) is 3. The van der Waals surface area contributed by atoms with E-state index >= 15 is 0 Å². The van der Waals surface area contributed by atoms with Crippen LogP contribution in [0.3, 0.4) is 0 Å². The molecule has 146 valence electrons. The summed E-state index contributed by atoms with van der Waals surface area (Å²) in [5, 5.41) is 10.4. The van der Waals surface area contributed by atoms with Crippen LogP contribution in [0, 0.1) is 5.92 Å². The molecule has 1 aliphatic heterocycles. The number of amides is 2. The van der Waals surface area contributed by atoms with Crippen molar-refractivity contribution in [2.24, 2.45) is 5.92 Å². The molecule has 2 N–H and O–H groups in total. The van der Waals surface area contributed by atoms with Crippen LogP contribution in [-0.4, -0.2) is 53.0 Å². The third-order valence-electron chi connectivity index (χ3n) is 3.94. The van der Waals surface area contributed by atoms with Crippen molar-refractivity contribution in [3.63, 3.8) is 0 Å². The van der Waals surface area contributed by atoms with Crippen molar-refractivity contribution >= 4 is 44.8 Å². The van der Waals surface area contributed by atoms with E-state index in [1.807, 2.05) is 19.2 Å². The molecule has 1 fully saturated rings. The second-order valence-corrected chi connectivity index (χ2v) is 8.26. The fourth-order valence-electron chi connectivity index (χ4n) is 2.45. The van der Waals surface area contributed by atoms with Gasteiger partial charge in [-0.2, -0.15) is 0 Å². The van der Waals surface area contributed by atoms with Gasteiger partial charge < -0.3 is 15.4 Å². The van der Waals surface area contributed by atoms with Crippen LogP contribution in [0.15, 0.2) is 10.8 Å². The molecule has 0 aliphatic carbocycles. The van der Waals surface area contributed by atoms with Gasteiger partial charge in [0.1, 0.15) is 0 Å². The molecule has 0 radical (unpaired) electrons. The van der Waals surface area contributed by atoms with E-state index < -0.39 is 0 Å². The largest absolute Gasteiger partial charge is 0.379 e. The Labute approximate surface area is 166 Å². The average Bonchev–Trinajstić information content (AvgIpc) is 3.25. The standard InChI is InChI=1S/C17H23N5O3S2/c1-11(2)15(24)21-17-18-12(9-26-17)7-14(23)20-16-19-13(10-27-16)8-22-3-5-25-6-4-22/h9-11H,3-8H2,1-2H3,(H,18,21,24)(H,19,20,23). The zero-order valence-electron chi connectivity index (χ0n) is 15.4. The molecule has 0 saturated carbocycles. The first-order valence-electron chi connectivity index (χ1n) is 8.79. The van der Waals surface area contributed by atoms with Gasteiger partial charge in [-0.15, -0.1) is 22.7 Å². The summed E-state index contributed by atoms with van der Waals surface area (Å²) in [5.74, 6) is -0.373. The average molecular weight is 410 g/mol. The highest BCUT2D eigenvalue weighted by molar-refractivity contribution is 7.14. The number of nitrogens with one attached hydrogen (secondary N) is 2.